The van der Waals surface area contributed by atoms with E-state index in [1.807, 2.05) is 0 Å². The van der Waals surface area contributed by atoms with E-state index < -0.39 is 0 Å². The molecule has 2 unspecified atom stereocenters. The lowest BCUT2D eigenvalue weighted by molar-refractivity contribution is -0.142. The molecule has 23 heavy (non-hydrogen) atoms. The SMILES string of the molecule is OC12CC3CC(C1)CC(NCc1cccc4ccccc14)(C3)C2. The number of benzene rings is 2. The van der Waals surface area contributed by atoms with E-state index in [0.29, 0.717) is 0 Å². The Balaban J connectivity index is 1.42. The van der Waals surface area contributed by atoms with Crippen LogP contribution < -0.4 is 5.32 Å². The molecule has 4 bridgehead atoms. The maximum Gasteiger partial charge on any atom is 0.0670 e. The molecule has 2 N–H and O–H groups in total. The van der Waals surface area contributed by atoms with Gasteiger partial charge in [0.05, 0.1) is 5.60 Å². The highest BCUT2D eigenvalue weighted by Gasteiger charge is 2.56. The van der Waals surface area contributed by atoms with Crippen molar-refractivity contribution >= 4 is 10.8 Å². The van der Waals surface area contributed by atoms with Crippen molar-refractivity contribution in [2.75, 3.05) is 0 Å². The van der Waals surface area contributed by atoms with Crippen LogP contribution in [-0.4, -0.2) is 16.2 Å². The number of fused-ring (bicyclic) bond motifs is 1. The molecular formula is C21H25NO. The molecule has 6 rings (SSSR count). The van der Waals surface area contributed by atoms with Crippen LogP contribution in [0.5, 0.6) is 0 Å². The van der Waals surface area contributed by atoms with Crippen molar-refractivity contribution in [1.29, 1.82) is 0 Å². The van der Waals surface area contributed by atoms with Crippen molar-refractivity contribution in [3.63, 3.8) is 0 Å². The van der Waals surface area contributed by atoms with Crippen LogP contribution in [0, 0.1) is 11.8 Å². The van der Waals surface area contributed by atoms with Crippen LogP contribution in [0.1, 0.15) is 44.1 Å². The Morgan fingerprint density at radius 2 is 1.70 bits per heavy atom. The summed E-state index contributed by atoms with van der Waals surface area (Å²) in [6, 6.07) is 15.2. The molecule has 120 valence electrons. The van der Waals surface area contributed by atoms with Crippen molar-refractivity contribution in [3.05, 3.63) is 48.0 Å². The maximum atomic E-state index is 10.9. The van der Waals surface area contributed by atoms with Crippen molar-refractivity contribution < 1.29 is 5.11 Å². The van der Waals surface area contributed by atoms with Crippen molar-refractivity contribution in [2.45, 2.75) is 56.2 Å². The second-order valence-corrected chi connectivity index (χ2v) is 8.46. The Bertz CT molecular complexity index is 733. The van der Waals surface area contributed by atoms with Crippen LogP contribution in [0.4, 0.5) is 0 Å². The molecule has 0 aromatic heterocycles. The normalized spacial score (nSPS) is 38.3. The number of hydrogen-bond donors (Lipinski definition) is 2. The highest BCUT2D eigenvalue weighted by molar-refractivity contribution is 5.85. The van der Waals surface area contributed by atoms with E-state index in [2.05, 4.69) is 47.8 Å². The molecule has 0 aliphatic heterocycles. The van der Waals surface area contributed by atoms with Crippen LogP contribution in [0.2, 0.25) is 0 Å². The Morgan fingerprint density at radius 3 is 2.48 bits per heavy atom. The van der Waals surface area contributed by atoms with Gasteiger partial charge in [-0.3, -0.25) is 0 Å². The van der Waals surface area contributed by atoms with Crippen molar-refractivity contribution in [3.8, 4) is 0 Å². The molecule has 2 nitrogen and oxygen atoms in total. The molecule has 4 aliphatic carbocycles. The predicted octanol–water partition coefficient (Wildman–Crippen LogP) is 4.01. The van der Waals surface area contributed by atoms with Crippen LogP contribution in [0.25, 0.3) is 10.8 Å². The minimum Gasteiger partial charge on any atom is -0.390 e. The zero-order valence-electron chi connectivity index (χ0n) is 13.6. The highest BCUT2D eigenvalue weighted by Crippen LogP contribution is 2.57. The summed E-state index contributed by atoms with van der Waals surface area (Å²) in [6.45, 7) is 0.914. The molecule has 4 saturated carbocycles. The Kier molecular flexibility index (Phi) is 2.93. The molecular weight excluding hydrogens is 282 g/mol. The lowest BCUT2D eigenvalue weighted by Gasteiger charge is -2.60. The van der Waals surface area contributed by atoms with Gasteiger partial charge in [-0.2, -0.15) is 0 Å². The molecule has 2 aromatic rings. The van der Waals surface area contributed by atoms with Crippen molar-refractivity contribution in [1.82, 2.24) is 5.32 Å². The largest absolute Gasteiger partial charge is 0.390 e. The van der Waals surface area contributed by atoms with Gasteiger partial charge in [-0.15, -0.1) is 0 Å². The molecule has 4 fully saturated rings. The van der Waals surface area contributed by atoms with E-state index in [1.165, 1.54) is 35.6 Å². The summed E-state index contributed by atoms with van der Waals surface area (Å²) < 4.78 is 0. The maximum absolute atomic E-state index is 10.9. The van der Waals surface area contributed by atoms with Gasteiger partial charge in [-0.25, -0.2) is 0 Å². The minimum atomic E-state index is -0.379. The summed E-state index contributed by atoms with van der Waals surface area (Å²) in [5.41, 5.74) is 1.18. The van der Waals surface area contributed by atoms with Gasteiger partial charge in [0.2, 0.25) is 0 Å². The van der Waals surface area contributed by atoms with Gasteiger partial charge in [-0.05, 0) is 66.7 Å². The van der Waals surface area contributed by atoms with Crippen LogP contribution >= 0.6 is 0 Å². The van der Waals surface area contributed by atoms with Crippen LogP contribution in [0.3, 0.4) is 0 Å². The first kappa shape index (κ1) is 14.0. The van der Waals surface area contributed by atoms with Crippen LogP contribution in [-0.2, 0) is 6.54 Å². The average Bonchev–Trinajstić information content (AvgIpc) is 2.50. The fraction of sp³-hybridized carbons (Fsp3) is 0.524. The number of aliphatic hydroxyl groups is 1. The van der Waals surface area contributed by atoms with Gasteiger partial charge >= 0.3 is 0 Å². The molecule has 0 amide bonds. The summed E-state index contributed by atoms with van der Waals surface area (Å²) >= 11 is 0. The molecule has 0 saturated heterocycles. The van der Waals surface area contributed by atoms with Crippen LogP contribution in [0.15, 0.2) is 42.5 Å². The molecule has 0 radical (unpaired) electrons. The number of nitrogens with one attached hydrogen (secondary N) is 1. The van der Waals surface area contributed by atoms with E-state index in [9.17, 15) is 5.11 Å². The van der Waals surface area contributed by atoms with E-state index in [-0.39, 0.29) is 11.1 Å². The third kappa shape index (κ3) is 2.31. The summed E-state index contributed by atoms with van der Waals surface area (Å²) in [7, 11) is 0. The van der Waals surface area contributed by atoms with Gasteiger partial charge in [0.1, 0.15) is 0 Å². The molecule has 0 spiro atoms. The van der Waals surface area contributed by atoms with Crippen molar-refractivity contribution in [2.24, 2.45) is 11.8 Å². The lowest BCUT2D eigenvalue weighted by Crippen LogP contribution is -2.64. The smallest absolute Gasteiger partial charge is 0.0670 e. The van der Waals surface area contributed by atoms with Gasteiger partial charge < -0.3 is 10.4 Å². The standard InChI is InChI=1S/C21H25NO/c23-21-11-15-8-16(12-21)10-20(9-15,14-21)22-13-18-6-3-5-17-4-1-2-7-19(17)18/h1-7,15-16,22-23H,8-14H2. The van der Waals surface area contributed by atoms with E-state index >= 15 is 0 Å². The number of rotatable bonds is 3. The van der Waals surface area contributed by atoms with E-state index in [1.54, 1.807) is 0 Å². The third-order valence-corrected chi connectivity index (χ3v) is 6.56. The summed E-state index contributed by atoms with van der Waals surface area (Å²) in [6.07, 6.45) is 6.91. The first-order valence-corrected chi connectivity index (χ1v) is 9.07. The predicted molar refractivity (Wildman–Crippen MR) is 93.2 cm³/mol. The minimum absolute atomic E-state index is 0.176. The monoisotopic (exact) mass is 307 g/mol. The zero-order chi connectivity index (χ0) is 15.5. The molecule has 2 heteroatoms. The Morgan fingerprint density at radius 1 is 0.957 bits per heavy atom. The molecule has 2 aromatic carbocycles. The second-order valence-electron chi connectivity index (χ2n) is 8.46. The van der Waals surface area contributed by atoms with E-state index in [4.69, 9.17) is 0 Å². The summed E-state index contributed by atoms with van der Waals surface area (Å²) in [5.74, 6) is 1.47. The fourth-order valence-corrected chi connectivity index (χ4v) is 6.15. The van der Waals surface area contributed by atoms with Gasteiger partial charge in [0, 0.05) is 12.1 Å². The Hall–Kier alpha value is -1.38. The molecule has 0 heterocycles. The zero-order valence-corrected chi connectivity index (χ0v) is 13.6. The number of hydrogen-bond acceptors (Lipinski definition) is 2. The summed E-state index contributed by atoms with van der Waals surface area (Å²) in [4.78, 5) is 0. The topological polar surface area (TPSA) is 32.3 Å². The van der Waals surface area contributed by atoms with E-state index in [0.717, 1.165) is 37.6 Å². The summed E-state index contributed by atoms with van der Waals surface area (Å²) in [5, 5.41) is 17.5. The fourth-order valence-electron chi connectivity index (χ4n) is 6.15. The second kappa shape index (κ2) is 4.81. The third-order valence-electron chi connectivity index (χ3n) is 6.56. The van der Waals surface area contributed by atoms with Gasteiger partial charge in [-0.1, -0.05) is 42.5 Å². The Labute approximate surface area is 137 Å². The van der Waals surface area contributed by atoms with Gasteiger partial charge in [0.15, 0.2) is 0 Å². The first-order valence-electron chi connectivity index (χ1n) is 9.07. The average molecular weight is 307 g/mol. The molecule has 4 aliphatic rings. The quantitative estimate of drug-likeness (QED) is 0.898. The first-order chi connectivity index (χ1) is 11.1. The molecule has 2 atom stereocenters. The lowest BCUT2D eigenvalue weighted by atomic mass is 9.51. The van der Waals surface area contributed by atoms with Gasteiger partial charge in [0.25, 0.3) is 0 Å². The highest BCUT2D eigenvalue weighted by atomic mass is 16.3.